The van der Waals surface area contributed by atoms with Gasteiger partial charge >= 0.3 is 6.03 Å². The summed E-state index contributed by atoms with van der Waals surface area (Å²) in [6.45, 7) is 5.88. The van der Waals surface area contributed by atoms with Crippen LogP contribution in [0.4, 0.5) is 4.79 Å². The minimum absolute atomic E-state index is 0.124. The van der Waals surface area contributed by atoms with E-state index in [0.29, 0.717) is 19.5 Å². The molecule has 1 saturated heterocycles. The van der Waals surface area contributed by atoms with Crippen LogP contribution in [-0.2, 0) is 11.2 Å². The average molecular weight is 447 g/mol. The molecule has 2 aliphatic heterocycles. The van der Waals surface area contributed by atoms with Gasteiger partial charge in [-0.15, -0.1) is 0 Å². The van der Waals surface area contributed by atoms with E-state index < -0.39 is 5.54 Å². The number of fused-ring (bicyclic) bond motifs is 4. The van der Waals surface area contributed by atoms with Gasteiger partial charge in [-0.05, 0) is 49.8 Å². The Bertz CT molecular complexity index is 1220. The van der Waals surface area contributed by atoms with Gasteiger partial charge < -0.3 is 14.6 Å². The number of ether oxygens (including phenoxy) is 1. The van der Waals surface area contributed by atoms with Crippen molar-refractivity contribution in [2.24, 2.45) is 0 Å². The third-order valence-electron chi connectivity index (χ3n) is 7.23. The minimum Gasteiger partial charge on any atom is -0.497 e. The van der Waals surface area contributed by atoms with Gasteiger partial charge in [0.1, 0.15) is 17.3 Å². The number of aromatic nitrogens is 1. The number of imide groups is 1. The molecule has 3 heterocycles. The number of carbonyl (C=O) groups excluding carboxylic acids is 2. The number of likely N-dealkylation sites (N-methyl/N-ethyl adjacent to an activating group) is 1. The standard InChI is InChI=1S/C26H30N4O3/c1-5-28(3)13-14-29-24(31)26(2)16-20-19-15-18(33-4)11-12-21(19)27-22(20)23(30(26)25(29)32)17-9-7-6-8-10-17/h6-12,15,23,27H,5,13-14,16H2,1-4H3/t23-,26+/m1/s1. The zero-order valence-electron chi connectivity index (χ0n) is 19.6. The molecule has 3 aromatic rings. The molecule has 7 nitrogen and oxygen atoms in total. The van der Waals surface area contributed by atoms with E-state index in [9.17, 15) is 9.59 Å². The average Bonchev–Trinajstić information content (AvgIpc) is 3.28. The van der Waals surface area contributed by atoms with Crippen molar-refractivity contribution < 1.29 is 14.3 Å². The second-order valence-corrected chi connectivity index (χ2v) is 9.20. The van der Waals surface area contributed by atoms with Crippen LogP contribution in [0.1, 0.15) is 36.7 Å². The highest BCUT2D eigenvalue weighted by Gasteiger charge is 2.60. The summed E-state index contributed by atoms with van der Waals surface area (Å²) in [6, 6.07) is 15.3. The molecule has 0 aliphatic carbocycles. The third-order valence-corrected chi connectivity index (χ3v) is 7.23. The van der Waals surface area contributed by atoms with E-state index in [-0.39, 0.29) is 18.0 Å². The lowest BCUT2D eigenvalue weighted by Crippen LogP contribution is -2.53. The first-order chi connectivity index (χ1) is 15.9. The van der Waals surface area contributed by atoms with Crippen LogP contribution in [0, 0.1) is 0 Å². The van der Waals surface area contributed by atoms with Crippen molar-refractivity contribution in [3.8, 4) is 5.75 Å². The van der Waals surface area contributed by atoms with Crippen LogP contribution in [0.2, 0.25) is 0 Å². The van der Waals surface area contributed by atoms with Crippen molar-refractivity contribution in [1.82, 2.24) is 19.7 Å². The molecule has 33 heavy (non-hydrogen) atoms. The fourth-order valence-electron chi connectivity index (χ4n) is 5.23. The molecule has 0 spiro atoms. The molecular weight excluding hydrogens is 416 g/mol. The van der Waals surface area contributed by atoms with Crippen molar-refractivity contribution in [1.29, 1.82) is 0 Å². The third kappa shape index (κ3) is 3.22. The fourth-order valence-corrected chi connectivity index (χ4v) is 5.23. The Morgan fingerprint density at radius 1 is 1.18 bits per heavy atom. The molecule has 5 rings (SSSR count). The maximum Gasteiger partial charge on any atom is 0.328 e. The number of carbonyl (C=O) groups is 2. The summed E-state index contributed by atoms with van der Waals surface area (Å²) in [6.07, 6.45) is 0.462. The molecule has 0 bridgehead atoms. The van der Waals surface area contributed by atoms with Gasteiger partial charge in [0.25, 0.3) is 5.91 Å². The Kier molecular flexibility index (Phi) is 5.16. The van der Waals surface area contributed by atoms with Gasteiger partial charge in [0.05, 0.1) is 7.11 Å². The Labute approximate surface area is 193 Å². The summed E-state index contributed by atoms with van der Waals surface area (Å²) in [4.78, 5) is 36.4. The molecule has 1 fully saturated rings. The molecule has 0 unspecified atom stereocenters. The summed E-state index contributed by atoms with van der Waals surface area (Å²) in [5.41, 5.74) is 3.05. The maximum absolute atomic E-state index is 13.8. The summed E-state index contributed by atoms with van der Waals surface area (Å²) in [7, 11) is 3.65. The van der Waals surface area contributed by atoms with Crippen LogP contribution in [-0.4, -0.2) is 71.0 Å². The highest BCUT2D eigenvalue weighted by atomic mass is 16.5. The number of benzene rings is 2. The fraction of sp³-hybridized carbons (Fsp3) is 0.385. The zero-order valence-corrected chi connectivity index (χ0v) is 19.6. The molecule has 1 aromatic heterocycles. The first-order valence-electron chi connectivity index (χ1n) is 11.5. The van der Waals surface area contributed by atoms with Gasteiger partial charge in [-0.2, -0.15) is 0 Å². The number of hydrogen-bond donors (Lipinski definition) is 1. The van der Waals surface area contributed by atoms with Crippen molar-refractivity contribution >= 4 is 22.8 Å². The minimum atomic E-state index is -0.951. The molecule has 1 N–H and O–H groups in total. The predicted molar refractivity (Wildman–Crippen MR) is 127 cm³/mol. The molecule has 2 aromatic carbocycles. The van der Waals surface area contributed by atoms with Crippen LogP contribution in [0.15, 0.2) is 48.5 Å². The van der Waals surface area contributed by atoms with Gasteiger partial charge in [-0.1, -0.05) is 37.3 Å². The summed E-state index contributed by atoms with van der Waals surface area (Å²) < 4.78 is 5.47. The molecule has 0 radical (unpaired) electrons. The molecule has 7 heteroatoms. The van der Waals surface area contributed by atoms with Crippen LogP contribution in [0.25, 0.3) is 10.9 Å². The second kappa shape index (κ2) is 7.92. The van der Waals surface area contributed by atoms with Gasteiger partial charge in [-0.25, -0.2) is 4.79 Å². The number of hydrogen-bond acceptors (Lipinski definition) is 4. The topological polar surface area (TPSA) is 68.9 Å². The Morgan fingerprint density at radius 3 is 2.64 bits per heavy atom. The van der Waals surface area contributed by atoms with E-state index in [1.54, 1.807) is 12.0 Å². The quantitative estimate of drug-likeness (QED) is 0.585. The lowest BCUT2D eigenvalue weighted by molar-refractivity contribution is -0.133. The summed E-state index contributed by atoms with van der Waals surface area (Å²) in [5, 5.41) is 1.04. The van der Waals surface area contributed by atoms with Gasteiger partial charge in [-0.3, -0.25) is 14.6 Å². The Morgan fingerprint density at radius 2 is 1.94 bits per heavy atom. The van der Waals surface area contributed by atoms with Gasteiger partial charge in [0.15, 0.2) is 0 Å². The number of H-pyrrole nitrogens is 1. The lowest BCUT2D eigenvalue weighted by atomic mass is 9.81. The smallest absolute Gasteiger partial charge is 0.328 e. The molecule has 0 saturated carbocycles. The highest BCUT2D eigenvalue weighted by molar-refractivity contribution is 6.08. The van der Waals surface area contributed by atoms with Crippen LogP contribution >= 0.6 is 0 Å². The van der Waals surface area contributed by atoms with Crippen molar-refractivity contribution in [3.63, 3.8) is 0 Å². The number of nitrogens with one attached hydrogen (secondary N) is 1. The van der Waals surface area contributed by atoms with E-state index >= 15 is 0 Å². The lowest BCUT2D eigenvalue weighted by Gasteiger charge is -2.42. The van der Waals surface area contributed by atoms with Crippen LogP contribution < -0.4 is 4.74 Å². The number of rotatable bonds is 6. The maximum atomic E-state index is 13.8. The highest BCUT2D eigenvalue weighted by Crippen LogP contribution is 2.48. The molecule has 2 atom stereocenters. The number of methoxy groups -OCH3 is 1. The Balaban J connectivity index is 1.67. The number of urea groups is 1. The van der Waals surface area contributed by atoms with Gasteiger partial charge in [0, 0.05) is 36.1 Å². The number of aromatic amines is 1. The van der Waals surface area contributed by atoms with E-state index in [2.05, 4.69) is 16.8 Å². The normalized spacial score (nSPS) is 22.3. The van der Waals surface area contributed by atoms with Crippen LogP contribution in [0.5, 0.6) is 5.75 Å². The zero-order chi connectivity index (χ0) is 23.3. The van der Waals surface area contributed by atoms with E-state index in [0.717, 1.165) is 40.0 Å². The molecule has 172 valence electrons. The second-order valence-electron chi connectivity index (χ2n) is 9.20. The van der Waals surface area contributed by atoms with E-state index in [1.807, 2.05) is 62.5 Å². The van der Waals surface area contributed by atoms with Crippen molar-refractivity contribution in [3.05, 3.63) is 65.4 Å². The summed E-state index contributed by atoms with van der Waals surface area (Å²) in [5.74, 6) is 0.645. The molecule has 3 amide bonds. The monoisotopic (exact) mass is 446 g/mol. The Hall–Kier alpha value is -3.32. The molecule has 2 aliphatic rings. The molecular formula is C26H30N4O3. The van der Waals surface area contributed by atoms with E-state index in [4.69, 9.17) is 4.74 Å². The number of nitrogens with zero attached hydrogens (tertiary/aromatic N) is 3. The SMILES string of the molecule is CCN(C)CCN1C(=O)N2[C@H](c3ccccc3)c3[nH]c4ccc(OC)cc4c3C[C@@]2(C)C1=O. The van der Waals surface area contributed by atoms with Crippen molar-refractivity contribution in [2.45, 2.75) is 31.8 Å². The first kappa shape index (κ1) is 21.5. The van der Waals surface area contributed by atoms with Crippen molar-refractivity contribution in [2.75, 3.05) is 33.8 Å². The van der Waals surface area contributed by atoms with Gasteiger partial charge in [0.2, 0.25) is 0 Å². The van der Waals surface area contributed by atoms with Crippen LogP contribution in [0.3, 0.4) is 0 Å². The predicted octanol–water partition coefficient (Wildman–Crippen LogP) is 3.80. The largest absolute Gasteiger partial charge is 0.497 e. The number of amides is 3. The summed E-state index contributed by atoms with van der Waals surface area (Å²) >= 11 is 0. The first-order valence-corrected chi connectivity index (χ1v) is 11.5. The van der Waals surface area contributed by atoms with E-state index in [1.165, 1.54) is 4.90 Å².